The van der Waals surface area contributed by atoms with Gasteiger partial charge in [0.25, 0.3) is 5.91 Å². The van der Waals surface area contributed by atoms with Gasteiger partial charge in [-0.05, 0) is 50.7 Å². The highest BCUT2D eigenvalue weighted by atomic mass is 16.3. The molecule has 1 atom stereocenters. The number of nitrogens with zero attached hydrogens (tertiary/aromatic N) is 1. The molecule has 3 rings (SSSR count). The maximum absolute atomic E-state index is 12.8. The lowest BCUT2D eigenvalue weighted by atomic mass is 9.78. The summed E-state index contributed by atoms with van der Waals surface area (Å²) in [5, 5.41) is 13.0. The number of imide groups is 1. The molecule has 2 aliphatic rings. The molecule has 2 N–H and O–H groups in total. The van der Waals surface area contributed by atoms with Gasteiger partial charge in [0.1, 0.15) is 5.54 Å². The van der Waals surface area contributed by atoms with E-state index in [9.17, 15) is 14.7 Å². The molecule has 0 bridgehead atoms. The first-order valence-corrected chi connectivity index (χ1v) is 7.78. The normalized spacial score (nSPS) is 26.8. The van der Waals surface area contributed by atoms with Gasteiger partial charge in [0.15, 0.2) is 0 Å². The second-order valence-corrected chi connectivity index (χ2v) is 6.65. The minimum atomic E-state index is -1.02. The third kappa shape index (κ3) is 2.29. The number of aryl methyl sites for hydroxylation is 1. The molecule has 0 aromatic heterocycles. The van der Waals surface area contributed by atoms with Crippen molar-refractivity contribution in [3.63, 3.8) is 0 Å². The van der Waals surface area contributed by atoms with E-state index in [0.717, 1.165) is 30.4 Å². The Morgan fingerprint density at radius 1 is 1.27 bits per heavy atom. The first kappa shape index (κ1) is 15.0. The summed E-state index contributed by atoms with van der Waals surface area (Å²) in [7, 11) is 0. The number of aliphatic hydroxyl groups is 1. The van der Waals surface area contributed by atoms with Gasteiger partial charge in [0.05, 0.1) is 5.60 Å². The fourth-order valence-corrected chi connectivity index (χ4v) is 3.37. The van der Waals surface area contributed by atoms with Crippen molar-refractivity contribution < 1.29 is 14.7 Å². The lowest BCUT2D eigenvalue weighted by Gasteiger charge is -2.37. The first-order chi connectivity index (χ1) is 10.4. The second kappa shape index (κ2) is 5.09. The van der Waals surface area contributed by atoms with Crippen LogP contribution in [0.15, 0.2) is 24.3 Å². The molecular formula is C17H22N2O3. The fourth-order valence-electron chi connectivity index (χ4n) is 3.37. The minimum Gasteiger partial charge on any atom is -0.390 e. The van der Waals surface area contributed by atoms with E-state index in [0.29, 0.717) is 6.42 Å². The second-order valence-electron chi connectivity index (χ2n) is 6.65. The van der Waals surface area contributed by atoms with Gasteiger partial charge in [-0.1, -0.05) is 24.3 Å². The van der Waals surface area contributed by atoms with Gasteiger partial charge in [0, 0.05) is 6.54 Å². The SMILES string of the molecule is Cc1ccccc1[C@]1(C)NC(=O)N(CCC2(O)CCC2)C1=O. The maximum Gasteiger partial charge on any atom is 0.325 e. The van der Waals surface area contributed by atoms with Crippen LogP contribution in [0, 0.1) is 6.92 Å². The van der Waals surface area contributed by atoms with E-state index in [1.54, 1.807) is 6.92 Å². The van der Waals surface area contributed by atoms with Crippen molar-refractivity contribution >= 4 is 11.9 Å². The van der Waals surface area contributed by atoms with Gasteiger partial charge in [0.2, 0.25) is 0 Å². The van der Waals surface area contributed by atoms with Crippen LogP contribution in [-0.4, -0.2) is 34.1 Å². The molecule has 1 heterocycles. The molecule has 1 aliphatic carbocycles. The monoisotopic (exact) mass is 302 g/mol. The molecular weight excluding hydrogens is 280 g/mol. The molecule has 2 fully saturated rings. The molecule has 1 aromatic carbocycles. The van der Waals surface area contributed by atoms with Crippen LogP contribution in [0.4, 0.5) is 4.79 Å². The van der Waals surface area contributed by atoms with Crippen LogP contribution < -0.4 is 5.32 Å². The number of hydrogen-bond acceptors (Lipinski definition) is 3. The predicted molar refractivity (Wildman–Crippen MR) is 82.2 cm³/mol. The number of nitrogens with one attached hydrogen (secondary N) is 1. The van der Waals surface area contributed by atoms with Crippen LogP contribution in [0.2, 0.25) is 0 Å². The lowest BCUT2D eigenvalue weighted by Crippen LogP contribution is -2.43. The van der Waals surface area contributed by atoms with Crippen molar-refractivity contribution in [2.45, 2.75) is 50.7 Å². The summed E-state index contributed by atoms with van der Waals surface area (Å²) in [6.07, 6.45) is 2.98. The number of hydrogen-bond donors (Lipinski definition) is 2. The summed E-state index contributed by atoms with van der Waals surface area (Å²) in [5.74, 6) is -0.241. The Bertz CT molecular complexity index is 624. The molecule has 0 unspecified atom stereocenters. The summed E-state index contributed by atoms with van der Waals surface area (Å²) in [4.78, 5) is 26.2. The number of benzene rings is 1. The Hall–Kier alpha value is -1.88. The minimum absolute atomic E-state index is 0.241. The zero-order valence-corrected chi connectivity index (χ0v) is 13.1. The number of rotatable bonds is 4. The molecule has 5 nitrogen and oxygen atoms in total. The quantitative estimate of drug-likeness (QED) is 0.837. The largest absolute Gasteiger partial charge is 0.390 e. The number of carbonyl (C=O) groups excluding carboxylic acids is 2. The van der Waals surface area contributed by atoms with E-state index in [1.165, 1.54) is 4.90 Å². The Morgan fingerprint density at radius 2 is 1.95 bits per heavy atom. The average Bonchev–Trinajstić information content (AvgIpc) is 2.66. The van der Waals surface area contributed by atoms with E-state index in [4.69, 9.17) is 0 Å². The third-order valence-electron chi connectivity index (χ3n) is 5.04. The van der Waals surface area contributed by atoms with Gasteiger partial charge in [-0.25, -0.2) is 4.79 Å². The molecule has 0 radical (unpaired) electrons. The highest BCUT2D eigenvalue weighted by Crippen LogP contribution is 2.36. The maximum atomic E-state index is 12.8. The van der Waals surface area contributed by atoms with E-state index >= 15 is 0 Å². The van der Waals surface area contributed by atoms with E-state index in [2.05, 4.69) is 5.32 Å². The van der Waals surface area contributed by atoms with Crippen molar-refractivity contribution in [2.75, 3.05) is 6.54 Å². The smallest absolute Gasteiger partial charge is 0.325 e. The van der Waals surface area contributed by atoms with Crippen molar-refractivity contribution in [1.29, 1.82) is 0 Å². The summed E-state index contributed by atoms with van der Waals surface area (Å²) in [5.41, 5.74) is 0.0729. The molecule has 0 spiro atoms. The van der Waals surface area contributed by atoms with E-state index < -0.39 is 11.1 Å². The van der Waals surface area contributed by atoms with E-state index in [-0.39, 0.29) is 18.5 Å². The predicted octanol–water partition coefficient (Wildman–Crippen LogP) is 2.07. The summed E-state index contributed by atoms with van der Waals surface area (Å²) in [6, 6.07) is 7.20. The summed E-state index contributed by atoms with van der Waals surface area (Å²) in [6.45, 7) is 3.94. The molecule has 5 heteroatoms. The van der Waals surface area contributed by atoms with Crippen molar-refractivity contribution in [2.24, 2.45) is 0 Å². The first-order valence-electron chi connectivity index (χ1n) is 7.78. The Balaban J connectivity index is 1.80. The molecule has 1 aromatic rings. The van der Waals surface area contributed by atoms with Gasteiger partial charge in [-0.3, -0.25) is 9.69 Å². The standard InChI is InChI=1S/C17H22N2O3/c1-12-6-3-4-7-13(12)16(2)14(20)19(15(21)18-16)11-10-17(22)8-5-9-17/h3-4,6-7,22H,5,8-11H2,1-2H3,(H,18,21)/t16-/m0/s1. The highest BCUT2D eigenvalue weighted by molar-refractivity contribution is 6.07. The van der Waals surface area contributed by atoms with Crippen LogP contribution in [0.25, 0.3) is 0 Å². The van der Waals surface area contributed by atoms with Crippen LogP contribution in [0.1, 0.15) is 43.7 Å². The fraction of sp³-hybridized carbons (Fsp3) is 0.529. The zero-order chi connectivity index (χ0) is 16.0. The molecule has 1 saturated heterocycles. The highest BCUT2D eigenvalue weighted by Gasteiger charge is 2.50. The van der Waals surface area contributed by atoms with Crippen molar-refractivity contribution in [3.8, 4) is 0 Å². The van der Waals surface area contributed by atoms with Crippen molar-refractivity contribution in [3.05, 3.63) is 35.4 Å². The Morgan fingerprint density at radius 3 is 2.55 bits per heavy atom. The molecule has 3 amide bonds. The summed E-state index contributed by atoms with van der Waals surface area (Å²) < 4.78 is 0. The average molecular weight is 302 g/mol. The van der Waals surface area contributed by atoms with E-state index in [1.807, 2.05) is 31.2 Å². The Labute approximate surface area is 130 Å². The number of carbonyl (C=O) groups is 2. The van der Waals surface area contributed by atoms with Gasteiger partial charge in [-0.2, -0.15) is 0 Å². The summed E-state index contributed by atoms with van der Waals surface area (Å²) >= 11 is 0. The Kier molecular flexibility index (Phi) is 3.48. The molecule has 22 heavy (non-hydrogen) atoms. The lowest BCUT2D eigenvalue weighted by molar-refractivity contribution is -0.132. The van der Waals surface area contributed by atoms with Gasteiger partial charge in [-0.15, -0.1) is 0 Å². The zero-order valence-electron chi connectivity index (χ0n) is 13.1. The van der Waals surface area contributed by atoms with Crippen LogP contribution in [0.5, 0.6) is 0 Å². The third-order valence-corrected chi connectivity index (χ3v) is 5.04. The number of urea groups is 1. The molecule has 1 aliphatic heterocycles. The van der Waals surface area contributed by atoms with Gasteiger partial charge < -0.3 is 10.4 Å². The van der Waals surface area contributed by atoms with Crippen LogP contribution in [-0.2, 0) is 10.3 Å². The molecule has 118 valence electrons. The topological polar surface area (TPSA) is 69.6 Å². The van der Waals surface area contributed by atoms with Gasteiger partial charge >= 0.3 is 6.03 Å². The van der Waals surface area contributed by atoms with Crippen LogP contribution in [0.3, 0.4) is 0 Å². The van der Waals surface area contributed by atoms with Crippen molar-refractivity contribution in [1.82, 2.24) is 10.2 Å². The van der Waals surface area contributed by atoms with Crippen LogP contribution >= 0.6 is 0 Å². The number of amides is 3. The molecule has 1 saturated carbocycles.